The van der Waals surface area contributed by atoms with E-state index in [0.717, 1.165) is 29.8 Å². The largest absolute Gasteiger partial charge is 0.378 e. The predicted octanol–water partition coefficient (Wildman–Crippen LogP) is 1.22. The number of ether oxygens (including phenoxy) is 1. The van der Waals surface area contributed by atoms with E-state index < -0.39 is 0 Å². The first-order valence-corrected chi connectivity index (χ1v) is 6.86. The molecule has 0 atom stereocenters. The molecule has 7 nitrogen and oxygen atoms in total. The fourth-order valence-electron chi connectivity index (χ4n) is 2.30. The first-order valence-electron chi connectivity index (χ1n) is 6.86. The molecule has 2 N–H and O–H groups in total. The van der Waals surface area contributed by atoms with Crippen molar-refractivity contribution in [3.63, 3.8) is 0 Å². The van der Waals surface area contributed by atoms with E-state index >= 15 is 0 Å². The molecule has 1 fully saturated rings. The number of nitrogens with zero attached hydrogens (tertiary/aromatic N) is 3. The summed E-state index contributed by atoms with van der Waals surface area (Å²) in [7, 11) is 1.55. The van der Waals surface area contributed by atoms with Gasteiger partial charge in [-0.25, -0.2) is 9.78 Å². The minimum atomic E-state index is -0.335. The van der Waals surface area contributed by atoms with Gasteiger partial charge in [0.15, 0.2) is 0 Å². The predicted molar refractivity (Wildman–Crippen MR) is 80.6 cm³/mol. The standard InChI is InChI=1S/C14H17N5O2/c1-15-14(20)18-13-16-11-5-3-2-4-10(11)12(17-13)19-6-8-21-9-7-19/h2-5H,6-9H2,1H3,(H2,15,16,17,18,20). The van der Waals surface area contributed by atoms with Crippen LogP contribution in [0.3, 0.4) is 0 Å². The molecule has 21 heavy (non-hydrogen) atoms. The van der Waals surface area contributed by atoms with Gasteiger partial charge in [0.05, 0.1) is 18.7 Å². The van der Waals surface area contributed by atoms with Crippen molar-refractivity contribution in [2.24, 2.45) is 0 Å². The molecular formula is C14H17N5O2. The van der Waals surface area contributed by atoms with Crippen molar-refractivity contribution in [1.29, 1.82) is 0 Å². The Morgan fingerprint density at radius 3 is 2.76 bits per heavy atom. The maximum absolute atomic E-state index is 11.5. The summed E-state index contributed by atoms with van der Waals surface area (Å²) in [5.74, 6) is 1.13. The van der Waals surface area contributed by atoms with E-state index in [1.807, 2.05) is 24.3 Å². The number of rotatable bonds is 2. The first kappa shape index (κ1) is 13.6. The highest BCUT2D eigenvalue weighted by molar-refractivity contribution is 5.93. The van der Waals surface area contributed by atoms with E-state index in [4.69, 9.17) is 4.74 Å². The van der Waals surface area contributed by atoms with E-state index in [1.54, 1.807) is 7.05 Å². The Balaban J connectivity index is 2.04. The number of morpholine rings is 1. The second-order valence-electron chi connectivity index (χ2n) is 4.69. The second kappa shape index (κ2) is 5.92. The number of urea groups is 1. The van der Waals surface area contributed by atoms with Crippen LogP contribution in [0.1, 0.15) is 0 Å². The molecule has 0 radical (unpaired) electrons. The minimum Gasteiger partial charge on any atom is -0.378 e. The number of nitrogens with one attached hydrogen (secondary N) is 2. The first-order chi connectivity index (χ1) is 10.3. The molecule has 2 amide bonds. The van der Waals surface area contributed by atoms with Gasteiger partial charge in [-0.15, -0.1) is 0 Å². The number of carbonyl (C=O) groups excluding carboxylic acids is 1. The topological polar surface area (TPSA) is 79.4 Å². The van der Waals surface area contributed by atoms with Crippen molar-refractivity contribution in [1.82, 2.24) is 15.3 Å². The van der Waals surface area contributed by atoms with Crippen LogP contribution < -0.4 is 15.5 Å². The maximum atomic E-state index is 11.5. The lowest BCUT2D eigenvalue weighted by atomic mass is 10.2. The molecule has 1 aromatic heterocycles. The molecule has 1 aromatic carbocycles. The quantitative estimate of drug-likeness (QED) is 0.868. The molecular weight excluding hydrogens is 270 g/mol. The summed E-state index contributed by atoms with van der Waals surface area (Å²) in [5, 5.41) is 6.10. The van der Waals surface area contributed by atoms with E-state index in [0.29, 0.717) is 19.2 Å². The highest BCUT2D eigenvalue weighted by Crippen LogP contribution is 2.25. The van der Waals surface area contributed by atoms with E-state index in [2.05, 4.69) is 25.5 Å². The third-order valence-corrected chi connectivity index (χ3v) is 3.35. The van der Waals surface area contributed by atoms with Crippen molar-refractivity contribution in [2.45, 2.75) is 0 Å². The normalized spacial score (nSPS) is 15.0. The van der Waals surface area contributed by atoms with Gasteiger partial charge in [-0.2, -0.15) is 4.98 Å². The van der Waals surface area contributed by atoms with E-state index in [9.17, 15) is 4.79 Å². The van der Waals surface area contributed by atoms with Crippen molar-refractivity contribution in [3.05, 3.63) is 24.3 Å². The summed E-state index contributed by atoms with van der Waals surface area (Å²) in [4.78, 5) is 22.5. The molecule has 2 aromatic rings. The fourth-order valence-corrected chi connectivity index (χ4v) is 2.30. The average Bonchev–Trinajstić information content (AvgIpc) is 2.55. The number of amides is 2. The van der Waals surface area contributed by atoms with Crippen LogP contribution in [-0.4, -0.2) is 49.4 Å². The fraction of sp³-hybridized carbons (Fsp3) is 0.357. The van der Waals surface area contributed by atoms with Gasteiger partial charge < -0.3 is 15.0 Å². The molecule has 2 heterocycles. The minimum absolute atomic E-state index is 0.301. The van der Waals surface area contributed by atoms with Crippen LogP contribution in [0.2, 0.25) is 0 Å². The monoisotopic (exact) mass is 287 g/mol. The van der Waals surface area contributed by atoms with Crippen LogP contribution in [0.25, 0.3) is 10.9 Å². The SMILES string of the molecule is CNC(=O)Nc1nc(N2CCOCC2)c2ccccc2n1. The summed E-state index contributed by atoms with van der Waals surface area (Å²) in [5.41, 5.74) is 0.806. The zero-order chi connectivity index (χ0) is 14.7. The Morgan fingerprint density at radius 1 is 1.24 bits per heavy atom. The Hall–Kier alpha value is -2.41. The van der Waals surface area contributed by atoms with Gasteiger partial charge >= 0.3 is 6.03 Å². The van der Waals surface area contributed by atoms with Crippen LogP contribution in [0.5, 0.6) is 0 Å². The Morgan fingerprint density at radius 2 is 2.00 bits per heavy atom. The Kier molecular flexibility index (Phi) is 3.83. The lowest BCUT2D eigenvalue weighted by Gasteiger charge is -2.28. The number of fused-ring (bicyclic) bond motifs is 1. The highest BCUT2D eigenvalue weighted by atomic mass is 16.5. The zero-order valence-electron chi connectivity index (χ0n) is 11.8. The molecule has 3 rings (SSSR count). The van der Waals surface area contributed by atoms with Gasteiger partial charge in [0.1, 0.15) is 5.82 Å². The van der Waals surface area contributed by atoms with E-state index in [-0.39, 0.29) is 6.03 Å². The Labute approximate surface area is 122 Å². The maximum Gasteiger partial charge on any atom is 0.321 e. The molecule has 110 valence electrons. The molecule has 0 unspecified atom stereocenters. The smallest absolute Gasteiger partial charge is 0.321 e. The summed E-state index contributed by atoms with van der Waals surface area (Å²) >= 11 is 0. The second-order valence-corrected chi connectivity index (χ2v) is 4.69. The number of hydrogen-bond donors (Lipinski definition) is 2. The van der Waals surface area contributed by atoms with Gasteiger partial charge in [0.2, 0.25) is 5.95 Å². The van der Waals surface area contributed by atoms with E-state index in [1.165, 1.54) is 0 Å². The third-order valence-electron chi connectivity index (χ3n) is 3.35. The molecule has 0 aliphatic carbocycles. The van der Waals surface area contributed by atoms with Crippen molar-refractivity contribution in [3.8, 4) is 0 Å². The summed E-state index contributed by atoms with van der Waals surface area (Å²) in [6, 6.07) is 7.45. The summed E-state index contributed by atoms with van der Waals surface area (Å²) in [6.07, 6.45) is 0. The van der Waals surface area contributed by atoms with Crippen molar-refractivity contribution < 1.29 is 9.53 Å². The number of hydrogen-bond acceptors (Lipinski definition) is 5. The molecule has 0 bridgehead atoms. The van der Waals surface area contributed by atoms with Crippen LogP contribution in [-0.2, 0) is 4.74 Å². The van der Waals surface area contributed by atoms with Gasteiger partial charge in [-0.1, -0.05) is 12.1 Å². The van der Waals surface area contributed by atoms with Gasteiger partial charge in [0, 0.05) is 25.5 Å². The van der Waals surface area contributed by atoms with Gasteiger partial charge in [-0.3, -0.25) is 5.32 Å². The Bertz CT molecular complexity index is 655. The average molecular weight is 287 g/mol. The lowest BCUT2D eigenvalue weighted by Crippen LogP contribution is -2.37. The van der Waals surface area contributed by atoms with Crippen molar-refractivity contribution >= 4 is 28.7 Å². The number of para-hydroxylation sites is 1. The van der Waals surface area contributed by atoms with Crippen molar-refractivity contribution in [2.75, 3.05) is 43.6 Å². The highest BCUT2D eigenvalue weighted by Gasteiger charge is 2.17. The van der Waals surface area contributed by atoms with Crippen LogP contribution in [0.15, 0.2) is 24.3 Å². The molecule has 0 spiro atoms. The number of benzene rings is 1. The molecule has 1 saturated heterocycles. The lowest BCUT2D eigenvalue weighted by molar-refractivity contribution is 0.122. The number of anilines is 2. The summed E-state index contributed by atoms with van der Waals surface area (Å²) in [6.45, 7) is 2.91. The molecule has 7 heteroatoms. The summed E-state index contributed by atoms with van der Waals surface area (Å²) < 4.78 is 5.38. The van der Waals surface area contributed by atoms with Crippen LogP contribution >= 0.6 is 0 Å². The number of carbonyl (C=O) groups is 1. The van der Waals surface area contributed by atoms with Gasteiger partial charge in [-0.05, 0) is 12.1 Å². The van der Waals surface area contributed by atoms with Crippen LogP contribution in [0.4, 0.5) is 16.6 Å². The van der Waals surface area contributed by atoms with Crippen LogP contribution in [0, 0.1) is 0 Å². The van der Waals surface area contributed by atoms with Gasteiger partial charge in [0.25, 0.3) is 0 Å². The molecule has 1 aliphatic heterocycles. The molecule has 1 aliphatic rings. The number of aromatic nitrogens is 2. The zero-order valence-corrected chi connectivity index (χ0v) is 11.8. The molecule has 0 saturated carbocycles. The third kappa shape index (κ3) is 2.87.